The summed E-state index contributed by atoms with van der Waals surface area (Å²) in [5.41, 5.74) is 1.72. The second kappa shape index (κ2) is 7.53. The number of benzene rings is 2. The van der Waals surface area contributed by atoms with Gasteiger partial charge in [0.2, 0.25) is 0 Å². The van der Waals surface area contributed by atoms with Crippen molar-refractivity contribution >= 4 is 23.5 Å². The Bertz CT molecular complexity index is 732. The van der Waals surface area contributed by atoms with Gasteiger partial charge in [-0.05, 0) is 37.1 Å². The molecule has 4 nitrogen and oxygen atoms in total. The molecule has 0 bridgehead atoms. The Morgan fingerprint density at radius 1 is 1.08 bits per heavy atom. The number of hydrogen-bond acceptors (Lipinski definition) is 5. The summed E-state index contributed by atoms with van der Waals surface area (Å²) in [6.07, 6.45) is 0.702. The maximum atomic E-state index is 12.1. The predicted molar refractivity (Wildman–Crippen MR) is 92.7 cm³/mol. The number of carbonyl (C=O) groups excluding carboxylic acids is 2. The van der Waals surface area contributed by atoms with E-state index < -0.39 is 0 Å². The summed E-state index contributed by atoms with van der Waals surface area (Å²) in [5, 5.41) is -0.188. The molecule has 0 N–H and O–H groups in total. The molecule has 5 heteroatoms. The van der Waals surface area contributed by atoms with Crippen LogP contribution in [0.1, 0.15) is 22.8 Å². The van der Waals surface area contributed by atoms with Crippen LogP contribution in [0, 0.1) is 0 Å². The van der Waals surface area contributed by atoms with Crippen LogP contribution in [0.2, 0.25) is 0 Å². The Hall–Kier alpha value is -2.27. The summed E-state index contributed by atoms with van der Waals surface area (Å²) in [5.74, 6) is 0.242. The Balaban J connectivity index is 1.46. The first kappa shape index (κ1) is 16.6. The van der Waals surface area contributed by atoms with E-state index in [1.807, 2.05) is 24.3 Å². The van der Waals surface area contributed by atoms with Gasteiger partial charge in [-0.3, -0.25) is 9.59 Å². The number of para-hydroxylation sites is 1. The van der Waals surface area contributed by atoms with Crippen LogP contribution >= 0.6 is 11.8 Å². The molecule has 124 valence electrons. The van der Waals surface area contributed by atoms with Gasteiger partial charge in [-0.2, -0.15) is 0 Å². The molecule has 1 heterocycles. The minimum Gasteiger partial charge on any atom is -0.489 e. The smallest absolute Gasteiger partial charge is 0.319 e. The number of ketones is 1. The van der Waals surface area contributed by atoms with E-state index in [-0.39, 0.29) is 30.2 Å². The first-order chi connectivity index (χ1) is 11.6. The molecule has 2 aromatic carbocycles. The molecule has 2 aromatic rings. The van der Waals surface area contributed by atoms with Crippen molar-refractivity contribution in [3.8, 4) is 5.75 Å². The highest BCUT2D eigenvalue weighted by Gasteiger charge is 2.29. The van der Waals surface area contributed by atoms with E-state index in [0.717, 1.165) is 4.90 Å². The number of fused-ring (bicyclic) bond motifs is 1. The lowest BCUT2D eigenvalue weighted by Crippen LogP contribution is -2.22. The highest BCUT2D eigenvalue weighted by atomic mass is 32.2. The number of ether oxygens (including phenoxy) is 2. The fourth-order valence-corrected chi connectivity index (χ4v) is 3.78. The monoisotopic (exact) mass is 342 g/mol. The summed E-state index contributed by atoms with van der Waals surface area (Å²) in [6, 6.07) is 15.1. The van der Waals surface area contributed by atoms with Crippen molar-refractivity contribution in [3.63, 3.8) is 0 Å². The Morgan fingerprint density at radius 2 is 1.83 bits per heavy atom. The normalized spacial score (nSPS) is 15.6. The molecule has 24 heavy (non-hydrogen) atoms. The molecule has 1 atom stereocenters. The summed E-state index contributed by atoms with van der Waals surface area (Å²) >= 11 is 1.55. The van der Waals surface area contributed by atoms with Crippen molar-refractivity contribution in [2.75, 3.05) is 13.2 Å². The summed E-state index contributed by atoms with van der Waals surface area (Å²) in [4.78, 5) is 24.8. The molecule has 1 aliphatic heterocycles. The topological polar surface area (TPSA) is 52.6 Å². The van der Waals surface area contributed by atoms with Crippen molar-refractivity contribution in [2.45, 2.75) is 23.5 Å². The highest BCUT2D eigenvalue weighted by molar-refractivity contribution is 8.01. The Morgan fingerprint density at radius 3 is 2.62 bits per heavy atom. The van der Waals surface area contributed by atoms with Crippen molar-refractivity contribution < 1.29 is 19.1 Å². The van der Waals surface area contributed by atoms with Crippen molar-refractivity contribution in [2.24, 2.45) is 0 Å². The van der Waals surface area contributed by atoms with E-state index in [1.54, 1.807) is 36.0 Å². The predicted octanol–water partition coefficient (Wildman–Crippen LogP) is 3.53. The molecular formula is C19H18O4S. The van der Waals surface area contributed by atoms with Gasteiger partial charge in [0.1, 0.15) is 24.2 Å². The van der Waals surface area contributed by atoms with Crippen molar-refractivity contribution in [1.29, 1.82) is 0 Å². The van der Waals surface area contributed by atoms with Crippen LogP contribution in [0.5, 0.6) is 5.75 Å². The van der Waals surface area contributed by atoms with Crippen LogP contribution in [-0.2, 0) is 16.0 Å². The Labute approximate surface area is 145 Å². The van der Waals surface area contributed by atoms with Crippen LogP contribution in [-0.4, -0.2) is 30.2 Å². The summed E-state index contributed by atoms with van der Waals surface area (Å²) in [7, 11) is 0. The fourth-order valence-electron chi connectivity index (χ4n) is 2.58. The van der Waals surface area contributed by atoms with E-state index in [4.69, 9.17) is 9.47 Å². The van der Waals surface area contributed by atoms with E-state index >= 15 is 0 Å². The van der Waals surface area contributed by atoms with Crippen LogP contribution in [0.4, 0.5) is 0 Å². The third-order valence-electron chi connectivity index (χ3n) is 3.76. The molecule has 0 unspecified atom stereocenters. The lowest BCUT2D eigenvalue weighted by molar-refractivity contribution is -0.143. The largest absolute Gasteiger partial charge is 0.489 e. The third kappa shape index (κ3) is 3.79. The quantitative estimate of drug-likeness (QED) is 0.457. The van der Waals surface area contributed by atoms with Crippen LogP contribution in [0.3, 0.4) is 0 Å². The number of carbonyl (C=O) groups is 2. The SMILES string of the molecule is CC(=O)c1ccccc1OCCOC(=O)[C@H]1Cc2ccccc2S1. The number of esters is 1. The zero-order valence-electron chi connectivity index (χ0n) is 13.4. The van der Waals surface area contributed by atoms with Crippen molar-refractivity contribution in [1.82, 2.24) is 0 Å². The minimum absolute atomic E-state index is 0.0530. The molecule has 3 rings (SSSR count). The van der Waals surface area contributed by atoms with E-state index in [1.165, 1.54) is 12.5 Å². The second-order valence-corrected chi connectivity index (χ2v) is 6.73. The van der Waals surface area contributed by atoms with Gasteiger partial charge >= 0.3 is 5.97 Å². The number of thioether (sulfide) groups is 1. The molecule has 0 aliphatic carbocycles. The molecule has 0 radical (unpaired) electrons. The van der Waals surface area contributed by atoms with E-state index in [9.17, 15) is 9.59 Å². The zero-order chi connectivity index (χ0) is 16.9. The average molecular weight is 342 g/mol. The van der Waals surface area contributed by atoms with Gasteiger partial charge in [-0.1, -0.05) is 30.3 Å². The van der Waals surface area contributed by atoms with Gasteiger partial charge in [-0.25, -0.2) is 0 Å². The summed E-state index contributed by atoms with van der Waals surface area (Å²) in [6.45, 7) is 1.88. The van der Waals surface area contributed by atoms with E-state index in [0.29, 0.717) is 17.7 Å². The molecule has 0 saturated carbocycles. The summed E-state index contributed by atoms with van der Waals surface area (Å²) < 4.78 is 10.9. The van der Waals surface area contributed by atoms with Gasteiger partial charge in [0.05, 0.1) is 5.56 Å². The van der Waals surface area contributed by atoms with Gasteiger partial charge in [0.25, 0.3) is 0 Å². The second-order valence-electron chi connectivity index (χ2n) is 5.49. The number of Topliss-reactive ketones (excluding diaryl/α,β-unsaturated/α-hetero) is 1. The van der Waals surface area contributed by atoms with Gasteiger partial charge in [0.15, 0.2) is 5.78 Å². The molecule has 0 saturated heterocycles. The molecule has 0 aromatic heterocycles. The van der Waals surface area contributed by atoms with Gasteiger partial charge in [-0.15, -0.1) is 11.8 Å². The minimum atomic E-state index is -0.223. The van der Waals surface area contributed by atoms with Crippen LogP contribution < -0.4 is 4.74 Å². The van der Waals surface area contributed by atoms with E-state index in [2.05, 4.69) is 0 Å². The number of rotatable bonds is 6. The lowest BCUT2D eigenvalue weighted by Gasteiger charge is -2.11. The molecule has 0 amide bonds. The zero-order valence-corrected chi connectivity index (χ0v) is 14.2. The maximum absolute atomic E-state index is 12.1. The van der Waals surface area contributed by atoms with Gasteiger partial charge < -0.3 is 9.47 Å². The fraction of sp³-hybridized carbons (Fsp3) is 0.263. The average Bonchev–Trinajstić information content (AvgIpc) is 3.03. The maximum Gasteiger partial charge on any atom is 0.319 e. The van der Waals surface area contributed by atoms with Crippen LogP contribution in [0.15, 0.2) is 53.4 Å². The molecule has 0 spiro atoms. The number of hydrogen-bond donors (Lipinski definition) is 0. The third-order valence-corrected chi connectivity index (χ3v) is 5.06. The lowest BCUT2D eigenvalue weighted by atomic mass is 10.1. The first-order valence-corrected chi connectivity index (χ1v) is 8.67. The van der Waals surface area contributed by atoms with Crippen LogP contribution in [0.25, 0.3) is 0 Å². The molecule has 1 aliphatic rings. The standard InChI is InChI=1S/C19H18O4S/c1-13(20)15-7-3-4-8-16(15)22-10-11-23-19(21)18-12-14-6-2-5-9-17(14)24-18/h2-9,18H,10-12H2,1H3/t18-/m1/s1. The first-order valence-electron chi connectivity index (χ1n) is 7.79. The molecular weight excluding hydrogens is 324 g/mol. The highest BCUT2D eigenvalue weighted by Crippen LogP contribution is 2.37. The van der Waals surface area contributed by atoms with Gasteiger partial charge in [0, 0.05) is 4.90 Å². The van der Waals surface area contributed by atoms with Crippen molar-refractivity contribution in [3.05, 3.63) is 59.7 Å². The Kier molecular flexibility index (Phi) is 5.20. The molecule has 0 fully saturated rings.